The molecule has 0 bridgehead atoms. The van der Waals surface area contributed by atoms with E-state index in [4.69, 9.17) is 0 Å². The summed E-state index contributed by atoms with van der Waals surface area (Å²) in [7, 11) is 0. The van der Waals surface area contributed by atoms with E-state index in [0.717, 1.165) is 18.5 Å². The first-order valence-electron chi connectivity index (χ1n) is 5.83. The largest absolute Gasteiger partial charge is 0.508 e. The van der Waals surface area contributed by atoms with E-state index < -0.39 is 0 Å². The average molecular weight is 221 g/mol. The smallest absolute Gasteiger partial charge is 0.120 e. The third kappa shape index (κ3) is 1.93. The van der Waals surface area contributed by atoms with Crippen LogP contribution in [0.25, 0.3) is 0 Å². The highest BCUT2D eigenvalue weighted by Gasteiger charge is 2.36. The van der Waals surface area contributed by atoms with E-state index in [9.17, 15) is 10.2 Å². The summed E-state index contributed by atoms with van der Waals surface area (Å²) < 4.78 is 0. The Bertz CT molecular complexity index is 365. The molecule has 1 aromatic rings. The van der Waals surface area contributed by atoms with Crippen molar-refractivity contribution < 1.29 is 10.2 Å². The summed E-state index contributed by atoms with van der Waals surface area (Å²) in [4.78, 5) is 2.24. The molecule has 0 saturated carbocycles. The van der Waals surface area contributed by atoms with Gasteiger partial charge in [0.15, 0.2) is 0 Å². The van der Waals surface area contributed by atoms with Crippen LogP contribution in [0.15, 0.2) is 24.3 Å². The Morgan fingerprint density at radius 3 is 2.62 bits per heavy atom. The molecule has 1 aliphatic heterocycles. The summed E-state index contributed by atoms with van der Waals surface area (Å²) in [5.41, 5.74) is 0.834. The van der Waals surface area contributed by atoms with Crippen molar-refractivity contribution in [1.29, 1.82) is 0 Å². The lowest BCUT2D eigenvalue weighted by Gasteiger charge is -2.30. The van der Waals surface area contributed by atoms with Gasteiger partial charge in [-0.1, -0.05) is 18.2 Å². The van der Waals surface area contributed by atoms with Crippen molar-refractivity contribution in [3.8, 4) is 5.75 Å². The topological polar surface area (TPSA) is 43.7 Å². The van der Waals surface area contributed by atoms with E-state index in [1.54, 1.807) is 12.1 Å². The van der Waals surface area contributed by atoms with E-state index in [2.05, 4.69) is 18.7 Å². The number of likely N-dealkylation sites (tertiary alicyclic amines) is 1. The molecule has 1 fully saturated rings. The van der Waals surface area contributed by atoms with Crippen LogP contribution in [0.5, 0.6) is 5.75 Å². The first-order valence-corrected chi connectivity index (χ1v) is 5.83. The van der Waals surface area contributed by atoms with Gasteiger partial charge in [0, 0.05) is 18.2 Å². The zero-order chi connectivity index (χ0) is 11.7. The van der Waals surface area contributed by atoms with Gasteiger partial charge in [-0.3, -0.25) is 4.90 Å². The maximum Gasteiger partial charge on any atom is 0.120 e. The first kappa shape index (κ1) is 11.4. The van der Waals surface area contributed by atoms with Gasteiger partial charge in [0.25, 0.3) is 0 Å². The first-order chi connectivity index (χ1) is 7.61. The van der Waals surface area contributed by atoms with Crippen molar-refractivity contribution in [2.24, 2.45) is 0 Å². The average Bonchev–Trinajstić information content (AvgIpc) is 2.61. The van der Waals surface area contributed by atoms with Crippen LogP contribution in [0.2, 0.25) is 0 Å². The van der Waals surface area contributed by atoms with Gasteiger partial charge in [0.1, 0.15) is 5.75 Å². The Hall–Kier alpha value is -1.06. The number of hydrogen-bond acceptors (Lipinski definition) is 3. The second-order valence-corrected chi connectivity index (χ2v) is 4.69. The Labute approximate surface area is 96.3 Å². The standard InChI is InChI=1S/C13H19NO2/c1-9(2)14-8-7-12(16)13(14)10-5-3-4-6-11(10)15/h3-6,9,12-13,15-16H,7-8H2,1-2H3. The number of aliphatic hydroxyl groups is 1. The number of aliphatic hydroxyl groups excluding tert-OH is 1. The summed E-state index contributed by atoms with van der Waals surface area (Å²) in [5, 5.41) is 19.9. The van der Waals surface area contributed by atoms with Crippen molar-refractivity contribution in [3.05, 3.63) is 29.8 Å². The molecule has 0 aromatic heterocycles. The number of phenols is 1. The number of para-hydroxylation sites is 1. The number of benzene rings is 1. The zero-order valence-corrected chi connectivity index (χ0v) is 9.80. The molecular weight excluding hydrogens is 202 g/mol. The van der Waals surface area contributed by atoms with Crippen LogP contribution in [0.3, 0.4) is 0 Å². The Balaban J connectivity index is 2.34. The molecule has 3 heteroatoms. The highest BCUT2D eigenvalue weighted by atomic mass is 16.3. The summed E-state index contributed by atoms with van der Waals surface area (Å²) >= 11 is 0. The third-order valence-corrected chi connectivity index (χ3v) is 3.32. The lowest BCUT2D eigenvalue weighted by Crippen LogP contribution is -2.33. The van der Waals surface area contributed by atoms with Gasteiger partial charge in [-0.05, 0) is 26.3 Å². The van der Waals surface area contributed by atoms with Crippen molar-refractivity contribution in [2.45, 2.75) is 38.5 Å². The predicted octanol–water partition coefficient (Wildman–Crippen LogP) is 1.91. The van der Waals surface area contributed by atoms with Crippen LogP contribution in [0, 0.1) is 0 Å². The summed E-state index contributed by atoms with van der Waals surface area (Å²) in [6, 6.07) is 7.59. The zero-order valence-electron chi connectivity index (χ0n) is 9.80. The molecule has 1 heterocycles. The third-order valence-electron chi connectivity index (χ3n) is 3.32. The molecule has 1 aromatic carbocycles. The Kier molecular flexibility index (Phi) is 3.17. The van der Waals surface area contributed by atoms with Crippen LogP contribution in [0.4, 0.5) is 0 Å². The van der Waals surface area contributed by atoms with Gasteiger partial charge < -0.3 is 10.2 Å². The minimum Gasteiger partial charge on any atom is -0.508 e. The number of aromatic hydroxyl groups is 1. The quantitative estimate of drug-likeness (QED) is 0.801. The SMILES string of the molecule is CC(C)N1CCC(O)C1c1ccccc1O. The van der Waals surface area contributed by atoms with Gasteiger partial charge in [-0.15, -0.1) is 0 Å². The molecular formula is C13H19NO2. The van der Waals surface area contributed by atoms with Crippen molar-refractivity contribution >= 4 is 0 Å². The Morgan fingerprint density at radius 1 is 1.31 bits per heavy atom. The molecule has 1 saturated heterocycles. The molecule has 3 nitrogen and oxygen atoms in total. The van der Waals surface area contributed by atoms with E-state index in [0.29, 0.717) is 6.04 Å². The fourth-order valence-electron chi connectivity index (χ4n) is 2.50. The van der Waals surface area contributed by atoms with Crippen LogP contribution < -0.4 is 0 Å². The fourth-order valence-corrected chi connectivity index (χ4v) is 2.50. The molecule has 0 amide bonds. The molecule has 16 heavy (non-hydrogen) atoms. The molecule has 0 spiro atoms. The molecule has 2 rings (SSSR count). The van der Waals surface area contributed by atoms with Gasteiger partial charge in [0.2, 0.25) is 0 Å². The van der Waals surface area contributed by atoms with Gasteiger partial charge >= 0.3 is 0 Å². The summed E-state index contributed by atoms with van der Waals surface area (Å²) in [5.74, 6) is 0.277. The number of hydrogen-bond donors (Lipinski definition) is 2. The van der Waals surface area contributed by atoms with Crippen LogP contribution in [-0.4, -0.2) is 33.8 Å². The maximum absolute atomic E-state index is 10.0. The second-order valence-electron chi connectivity index (χ2n) is 4.69. The van der Waals surface area contributed by atoms with E-state index in [1.807, 2.05) is 12.1 Å². The molecule has 2 atom stereocenters. The monoisotopic (exact) mass is 221 g/mol. The normalized spacial score (nSPS) is 26.5. The summed E-state index contributed by atoms with van der Waals surface area (Å²) in [6.45, 7) is 5.12. The second kappa shape index (κ2) is 4.44. The van der Waals surface area contributed by atoms with Crippen molar-refractivity contribution in [3.63, 3.8) is 0 Å². The summed E-state index contributed by atoms with van der Waals surface area (Å²) in [6.07, 6.45) is 0.396. The van der Waals surface area contributed by atoms with Gasteiger partial charge in [-0.2, -0.15) is 0 Å². The lowest BCUT2D eigenvalue weighted by atomic mass is 10.0. The minimum absolute atomic E-state index is 0.0683. The van der Waals surface area contributed by atoms with Crippen molar-refractivity contribution in [1.82, 2.24) is 4.90 Å². The molecule has 0 radical (unpaired) electrons. The molecule has 1 aliphatic rings. The van der Waals surface area contributed by atoms with Gasteiger partial charge in [-0.25, -0.2) is 0 Å². The minimum atomic E-state index is -0.379. The lowest BCUT2D eigenvalue weighted by molar-refractivity contribution is 0.0989. The van der Waals surface area contributed by atoms with Gasteiger partial charge in [0.05, 0.1) is 12.1 Å². The van der Waals surface area contributed by atoms with E-state index in [1.165, 1.54) is 0 Å². The molecule has 2 unspecified atom stereocenters. The Morgan fingerprint density at radius 2 is 2.00 bits per heavy atom. The maximum atomic E-state index is 10.0. The molecule has 2 N–H and O–H groups in total. The highest BCUT2D eigenvalue weighted by molar-refractivity contribution is 5.36. The molecule has 0 aliphatic carbocycles. The fraction of sp³-hybridized carbons (Fsp3) is 0.538. The number of nitrogens with zero attached hydrogens (tertiary/aromatic N) is 1. The highest BCUT2D eigenvalue weighted by Crippen LogP contribution is 2.37. The van der Waals surface area contributed by atoms with Crippen LogP contribution >= 0.6 is 0 Å². The van der Waals surface area contributed by atoms with Crippen molar-refractivity contribution in [2.75, 3.05) is 6.54 Å². The van der Waals surface area contributed by atoms with E-state index in [-0.39, 0.29) is 17.9 Å². The molecule has 88 valence electrons. The van der Waals surface area contributed by atoms with E-state index >= 15 is 0 Å². The number of phenolic OH excluding ortho intramolecular Hbond substituents is 1. The number of rotatable bonds is 2. The van der Waals surface area contributed by atoms with Crippen LogP contribution in [0.1, 0.15) is 31.9 Å². The van der Waals surface area contributed by atoms with Crippen LogP contribution in [-0.2, 0) is 0 Å². The predicted molar refractivity (Wildman–Crippen MR) is 63.3 cm³/mol.